The number of aliphatic hydroxyl groups is 1. The van der Waals surface area contributed by atoms with Crippen molar-refractivity contribution in [3.8, 4) is 0 Å². The summed E-state index contributed by atoms with van der Waals surface area (Å²) < 4.78 is 52.0. The van der Waals surface area contributed by atoms with Crippen LogP contribution in [0.5, 0.6) is 0 Å². The van der Waals surface area contributed by atoms with E-state index in [1.165, 1.54) is 0 Å². The average Bonchev–Trinajstić information content (AvgIpc) is 2.64. The van der Waals surface area contributed by atoms with Crippen LogP contribution in [0.2, 0.25) is 0 Å². The molecule has 8 heteroatoms. The summed E-state index contributed by atoms with van der Waals surface area (Å²) in [4.78, 5) is 24.4. The van der Waals surface area contributed by atoms with E-state index in [1.54, 1.807) is 45.0 Å². The molecule has 162 valence electrons. The van der Waals surface area contributed by atoms with Crippen LogP contribution in [0, 0.1) is 18.3 Å². The van der Waals surface area contributed by atoms with Crippen LogP contribution in [0.1, 0.15) is 43.7 Å². The van der Waals surface area contributed by atoms with Crippen LogP contribution in [0.15, 0.2) is 41.2 Å². The Kier molecular flexibility index (Phi) is 5.37. The van der Waals surface area contributed by atoms with Crippen molar-refractivity contribution in [1.82, 2.24) is 0 Å². The average molecular weight is 424 g/mol. The van der Waals surface area contributed by atoms with Gasteiger partial charge in [-0.25, -0.2) is 4.79 Å². The molecule has 1 aliphatic heterocycles. The molecule has 0 bridgehead atoms. The highest BCUT2D eigenvalue weighted by Gasteiger charge is 2.69. The van der Waals surface area contributed by atoms with Gasteiger partial charge in [-0.3, -0.25) is 4.79 Å². The predicted molar refractivity (Wildman–Crippen MR) is 101 cm³/mol. The lowest BCUT2D eigenvalue weighted by molar-refractivity contribution is -0.378. The van der Waals surface area contributed by atoms with Crippen LogP contribution in [0.25, 0.3) is 0 Å². The molecule has 0 unspecified atom stereocenters. The van der Waals surface area contributed by atoms with Gasteiger partial charge in [-0.15, -0.1) is 0 Å². The Morgan fingerprint density at radius 1 is 1.30 bits per heavy atom. The summed E-state index contributed by atoms with van der Waals surface area (Å²) in [5.74, 6) is -6.88. The molecule has 0 amide bonds. The van der Waals surface area contributed by atoms with E-state index < -0.39 is 35.2 Å². The summed E-state index contributed by atoms with van der Waals surface area (Å²) in [5, 5.41) is 10.7. The summed E-state index contributed by atoms with van der Waals surface area (Å²) >= 11 is 0. The zero-order valence-electron chi connectivity index (χ0n) is 17.1. The second-order valence-electron chi connectivity index (χ2n) is 8.62. The smallest absolute Gasteiger partial charge is 0.456 e. The van der Waals surface area contributed by atoms with Gasteiger partial charge in [-0.2, -0.15) is 13.2 Å². The van der Waals surface area contributed by atoms with Crippen molar-refractivity contribution in [1.29, 1.82) is 0 Å². The molecule has 0 radical (unpaired) electrons. The molecule has 30 heavy (non-hydrogen) atoms. The number of alkyl halides is 3. The topological polar surface area (TPSA) is 72.8 Å². The second-order valence-corrected chi connectivity index (χ2v) is 8.62. The highest BCUT2D eigenvalue weighted by Crippen LogP contribution is 2.57. The molecular weight excluding hydrogens is 401 g/mol. The molecule has 1 aromatic carbocycles. The first-order valence-corrected chi connectivity index (χ1v) is 9.44. The van der Waals surface area contributed by atoms with Gasteiger partial charge in [0.15, 0.2) is 0 Å². The molecule has 0 spiro atoms. The SMILES string of the molecule is COC(=O)[C@H]1[C@H](c2cccc(C)c2)C2=C(CC(C)(C)CC2=C=O)O[C@]1(O)C(F)(F)F. The van der Waals surface area contributed by atoms with Crippen molar-refractivity contribution in [3.05, 3.63) is 52.3 Å². The summed E-state index contributed by atoms with van der Waals surface area (Å²) in [5.41, 5.74) is 0.794. The van der Waals surface area contributed by atoms with Gasteiger partial charge in [-0.05, 0) is 24.3 Å². The maximum atomic E-state index is 14.1. The van der Waals surface area contributed by atoms with Crippen LogP contribution < -0.4 is 0 Å². The van der Waals surface area contributed by atoms with Gasteiger partial charge >= 0.3 is 17.9 Å². The Balaban J connectivity index is 2.38. The number of methoxy groups -OCH3 is 1. The Hall–Kier alpha value is -2.57. The van der Waals surface area contributed by atoms with E-state index in [0.717, 1.165) is 12.7 Å². The number of ether oxygens (including phenoxy) is 2. The summed E-state index contributed by atoms with van der Waals surface area (Å²) in [6.07, 6.45) is -4.99. The van der Waals surface area contributed by atoms with Crippen molar-refractivity contribution < 1.29 is 37.3 Å². The highest BCUT2D eigenvalue weighted by molar-refractivity contribution is 5.78. The summed E-state index contributed by atoms with van der Waals surface area (Å²) in [7, 11) is 0.941. The third kappa shape index (κ3) is 3.55. The normalized spacial score (nSPS) is 28.3. The molecule has 5 nitrogen and oxygen atoms in total. The number of rotatable bonds is 2. The quantitative estimate of drug-likeness (QED) is 0.574. The molecule has 1 N–H and O–H groups in total. The monoisotopic (exact) mass is 424 g/mol. The third-order valence-electron chi connectivity index (χ3n) is 5.65. The second kappa shape index (κ2) is 7.29. The largest absolute Gasteiger partial charge is 0.469 e. The van der Waals surface area contributed by atoms with Crippen LogP contribution in [0.3, 0.4) is 0 Å². The molecular formula is C22H23F3O5. The van der Waals surface area contributed by atoms with Crippen LogP contribution in [-0.4, -0.2) is 36.1 Å². The zero-order valence-corrected chi connectivity index (χ0v) is 17.1. The molecule has 1 aliphatic carbocycles. The number of aryl methyl sites for hydroxylation is 1. The van der Waals surface area contributed by atoms with E-state index in [1.807, 2.05) is 5.94 Å². The summed E-state index contributed by atoms with van der Waals surface area (Å²) in [6.45, 7) is 5.30. The lowest BCUT2D eigenvalue weighted by Gasteiger charge is -2.48. The van der Waals surface area contributed by atoms with Crippen LogP contribution in [-0.2, 0) is 19.1 Å². The van der Waals surface area contributed by atoms with Crippen molar-refractivity contribution >= 4 is 11.9 Å². The minimum Gasteiger partial charge on any atom is -0.469 e. The van der Waals surface area contributed by atoms with Gasteiger partial charge in [-0.1, -0.05) is 43.7 Å². The van der Waals surface area contributed by atoms with Gasteiger partial charge < -0.3 is 14.6 Å². The van der Waals surface area contributed by atoms with Crippen molar-refractivity contribution in [3.63, 3.8) is 0 Å². The first kappa shape index (κ1) is 22.1. The number of esters is 1. The number of halogens is 3. The standard InChI is InChI=1S/C22H23F3O5/c1-12-6-5-7-13(8-12)17-16-14(11-26)9-20(2,3)10-15(16)30-21(28,22(23,24)25)18(17)19(27)29-4/h5-8,17-18,28H,9-10H2,1-4H3/t17-,18-,21+/m1/s1. The molecule has 0 saturated carbocycles. The van der Waals surface area contributed by atoms with Crippen LogP contribution >= 0.6 is 0 Å². The maximum Gasteiger partial charge on any atom is 0.456 e. The molecule has 0 fully saturated rings. The Morgan fingerprint density at radius 2 is 1.97 bits per heavy atom. The Bertz CT molecular complexity index is 956. The first-order chi connectivity index (χ1) is 13.8. The number of benzene rings is 1. The van der Waals surface area contributed by atoms with Crippen molar-refractivity contribution in [2.24, 2.45) is 11.3 Å². The molecule has 1 heterocycles. The van der Waals surface area contributed by atoms with Gasteiger partial charge in [0.05, 0.1) is 7.11 Å². The molecule has 2 aliphatic rings. The Labute approximate surface area is 172 Å². The highest BCUT2D eigenvalue weighted by atomic mass is 19.4. The fraction of sp³-hybridized carbons (Fsp3) is 0.500. The van der Waals surface area contributed by atoms with E-state index >= 15 is 0 Å². The number of hydrogen-bond donors (Lipinski definition) is 1. The maximum absolute atomic E-state index is 14.1. The van der Waals surface area contributed by atoms with Crippen molar-refractivity contribution in [2.75, 3.05) is 7.11 Å². The molecule has 0 aromatic heterocycles. The minimum atomic E-state index is -5.29. The third-order valence-corrected chi connectivity index (χ3v) is 5.65. The first-order valence-electron chi connectivity index (χ1n) is 9.44. The molecule has 3 rings (SSSR count). The van der Waals surface area contributed by atoms with Gasteiger partial charge in [0, 0.05) is 23.5 Å². The van der Waals surface area contributed by atoms with Gasteiger partial charge in [0.2, 0.25) is 0 Å². The van der Waals surface area contributed by atoms with E-state index in [0.29, 0.717) is 5.56 Å². The predicted octanol–water partition coefficient (Wildman–Crippen LogP) is 3.98. The van der Waals surface area contributed by atoms with Gasteiger partial charge in [0.1, 0.15) is 17.6 Å². The fourth-order valence-corrected chi connectivity index (χ4v) is 4.40. The lowest BCUT2D eigenvalue weighted by atomic mass is 9.65. The minimum absolute atomic E-state index is 0.0577. The van der Waals surface area contributed by atoms with E-state index in [-0.39, 0.29) is 29.7 Å². The summed E-state index contributed by atoms with van der Waals surface area (Å²) in [6, 6.07) is 6.57. The number of allylic oxidation sites excluding steroid dienone is 3. The number of carbonyl (C=O) groups excluding carboxylic acids is 2. The fourth-order valence-electron chi connectivity index (χ4n) is 4.40. The van der Waals surface area contributed by atoms with E-state index in [4.69, 9.17) is 4.74 Å². The van der Waals surface area contributed by atoms with Gasteiger partial charge in [0.25, 0.3) is 0 Å². The molecule has 3 atom stereocenters. The molecule has 1 aromatic rings. The number of hydrogen-bond acceptors (Lipinski definition) is 5. The Morgan fingerprint density at radius 3 is 2.50 bits per heavy atom. The van der Waals surface area contributed by atoms with Crippen LogP contribution in [0.4, 0.5) is 13.2 Å². The lowest BCUT2D eigenvalue weighted by Crippen LogP contribution is -2.60. The number of carbonyl (C=O) groups is 1. The zero-order chi connectivity index (χ0) is 22.5. The van der Waals surface area contributed by atoms with E-state index in [2.05, 4.69) is 4.74 Å². The van der Waals surface area contributed by atoms with E-state index in [9.17, 15) is 27.9 Å². The molecule has 0 saturated heterocycles. The van der Waals surface area contributed by atoms with Crippen molar-refractivity contribution in [2.45, 2.75) is 51.5 Å².